The summed E-state index contributed by atoms with van der Waals surface area (Å²) >= 11 is 0. The minimum Gasteiger partial charge on any atom is -0.273 e. The first-order chi connectivity index (χ1) is 10.1. The minimum atomic E-state index is -1.79. The highest BCUT2D eigenvalue weighted by Crippen LogP contribution is 2.27. The Balaban J connectivity index is 2.47. The van der Waals surface area contributed by atoms with Crippen LogP contribution in [-0.2, 0) is 5.66 Å². The van der Waals surface area contributed by atoms with Gasteiger partial charge >= 0.3 is 11.4 Å². The first kappa shape index (κ1) is 13.0. The third kappa shape index (κ3) is 1.80. The van der Waals surface area contributed by atoms with Gasteiger partial charge in [-0.1, -0.05) is 18.2 Å². The molecule has 3 rings (SSSR count). The molecule has 8 heteroatoms. The number of rotatable bonds is 2. The van der Waals surface area contributed by atoms with Crippen LogP contribution in [-0.4, -0.2) is 19.5 Å². The Morgan fingerprint density at radius 2 is 2.19 bits per heavy atom. The Kier molecular flexibility index (Phi) is 2.79. The SMILES string of the molecule is O=c1[nH]c(=O)n(C2([N+](=O)[O-])C=CC=CC2)c2ncccc12. The Morgan fingerprint density at radius 1 is 1.38 bits per heavy atom. The van der Waals surface area contributed by atoms with Gasteiger partial charge < -0.3 is 0 Å². The lowest BCUT2D eigenvalue weighted by Gasteiger charge is -2.24. The smallest absolute Gasteiger partial charge is 0.273 e. The molecule has 106 valence electrons. The Bertz CT molecular complexity index is 908. The zero-order valence-electron chi connectivity index (χ0n) is 10.7. The maximum absolute atomic E-state index is 12.2. The number of hydrogen-bond acceptors (Lipinski definition) is 5. The van der Waals surface area contributed by atoms with Crippen molar-refractivity contribution >= 4 is 11.0 Å². The Labute approximate surface area is 117 Å². The van der Waals surface area contributed by atoms with E-state index in [4.69, 9.17) is 0 Å². The second kappa shape index (κ2) is 4.51. The highest BCUT2D eigenvalue weighted by molar-refractivity contribution is 5.73. The number of fused-ring (bicyclic) bond motifs is 1. The average molecular weight is 286 g/mol. The molecule has 0 saturated carbocycles. The van der Waals surface area contributed by atoms with E-state index in [0.717, 1.165) is 4.57 Å². The van der Waals surface area contributed by atoms with Crippen LogP contribution in [0, 0.1) is 10.1 Å². The maximum Gasteiger partial charge on any atom is 0.335 e. The van der Waals surface area contributed by atoms with Gasteiger partial charge in [-0.15, -0.1) is 0 Å². The van der Waals surface area contributed by atoms with Gasteiger partial charge in [-0.3, -0.25) is 19.9 Å². The third-order valence-corrected chi connectivity index (χ3v) is 3.40. The molecule has 21 heavy (non-hydrogen) atoms. The molecule has 2 aromatic heterocycles. The molecule has 0 aliphatic heterocycles. The summed E-state index contributed by atoms with van der Waals surface area (Å²) in [6, 6.07) is 3.00. The minimum absolute atomic E-state index is 0.00583. The fraction of sp³-hybridized carbons (Fsp3) is 0.154. The number of nitro groups is 1. The lowest BCUT2D eigenvalue weighted by Crippen LogP contribution is -2.48. The fourth-order valence-corrected chi connectivity index (χ4v) is 2.41. The van der Waals surface area contributed by atoms with E-state index >= 15 is 0 Å². The van der Waals surface area contributed by atoms with Crippen LogP contribution in [0.3, 0.4) is 0 Å². The molecule has 0 amide bonds. The number of pyridine rings is 1. The molecule has 0 fully saturated rings. The van der Waals surface area contributed by atoms with E-state index in [2.05, 4.69) is 9.97 Å². The van der Waals surface area contributed by atoms with Crippen molar-refractivity contribution in [1.82, 2.24) is 14.5 Å². The molecular weight excluding hydrogens is 276 g/mol. The van der Waals surface area contributed by atoms with Crippen LogP contribution in [0.4, 0.5) is 0 Å². The van der Waals surface area contributed by atoms with E-state index in [-0.39, 0.29) is 17.5 Å². The quantitative estimate of drug-likeness (QED) is 0.639. The third-order valence-electron chi connectivity index (χ3n) is 3.40. The summed E-state index contributed by atoms with van der Waals surface area (Å²) in [5.74, 6) is 0. The standard InChI is InChI=1S/C13H10N4O4/c18-11-9-5-4-8-14-10(9)16(12(19)15-11)13(17(20)21)6-2-1-3-7-13/h1-6,8H,7H2,(H,15,18,19). The molecule has 2 aromatic rings. The second-order valence-electron chi connectivity index (χ2n) is 4.60. The van der Waals surface area contributed by atoms with Gasteiger partial charge in [-0.2, -0.15) is 0 Å². The summed E-state index contributed by atoms with van der Waals surface area (Å²) in [5, 5.41) is 11.7. The van der Waals surface area contributed by atoms with E-state index in [1.165, 1.54) is 30.5 Å². The van der Waals surface area contributed by atoms with E-state index in [0.29, 0.717) is 0 Å². The van der Waals surface area contributed by atoms with Crippen LogP contribution in [0.5, 0.6) is 0 Å². The number of nitrogens with zero attached hydrogens (tertiary/aromatic N) is 3. The molecule has 0 spiro atoms. The van der Waals surface area contributed by atoms with Gasteiger partial charge in [0.25, 0.3) is 5.56 Å². The summed E-state index contributed by atoms with van der Waals surface area (Å²) in [6.45, 7) is 0. The zero-order valence-corrected chi connectivity index (χ0v) is 10.7. The maximum atomic E-state index is 12.2. The number of aromatic amines is 1. The predicted octanol–water partition coefficient (Wildman–Crippen LogP) is 0.530. The Hall–Kier alpha value is -3.03. The van der Waals surface area contributed by atoms with Gasteiger partial charge in [-0.25, -0.2) is 14.3 Å². The van der Waals surface area contributed by atoms with Gasteiger partial charge in [0.05, 0.1) is 16.7 Å². The van der Waals surface area contributed by atoms with Crippen LogP contribution in [0.1, 0.15) is 6.42 Å². The van der Waals surface area contributed by atoms with E-state index in [1.54, 1.807) is 12.2 Å². The van der Waals surface area contributed by atoms with Crippen molar-refractivity contribution in [2.24, 2.45) is 0 Å². The van der Waals surface area contributed by atoms with Crippen molar-refractivity contribution in [2.75, 3.05) is 0 Å². The molecule has 2 heterocycles. The largest absolute Gasteiger partial charge is 0.335 e. The lowest BCUT2D eigenvalue weighted by atomic mass is 10.0. The summed E-state index contributed by atoms with van der Waals surface area (Å²) < 4.78 is 0.920. The normalized spacial score (nSPS) is 20.8. The topological polar surface area (TPSA) is 111 Å². The van der Waals surface area contributed by atoms with Crippen molar-refractivity contribution in [3.05, 3.63) is 73.6 Å². The zero-order chi connectivity index (χ0) is 15.0. The van der Waals surface area contributed by atoms with Crippen molar-refractivity contribution < 1.29 is 4.92 Å². The second-order valence-corrected chi connectivity index (χ2v) is 4.60. The van der Waals surface area contributed by atoms with Gasteiger partial charge in [-0.05, 0) is 12.1 Å². The van der Waals surface area contributed by atoms with Crippen LogP contribution in [0.25, 0.3) is 11.0 Å². The molecule has 1 atom stereocenters. The molecule has 0 aromatic carbocycles. The van der Waals surface area contributed by atoms with E-state index in [9.17, 15) is 19.7 Å². The van der Waals surface area contributed by atoms with Crippen molar-refractivity contribution in [2.45, 2.75) is 12.1 Å². The fourth-order valence-electron chi connectivity index (χ4n) is 2.41. The number of nitrogens with one attached hydrogen (secondary N) is 1. The highest BCUT2D eigenvalue weighted by Gasteiger charge is 2.44. The molecule has 8 nitrogen and oxygen atoms in total. The first-order valence-electron chi connectivity index (χ1n) is 6.16. The van der Waals surface area contributed by atoms with Gasteiger partial charge in [0.2, 0.25) is 0 Å². The van der Waals surface area contributed by atoms with Crippen LogP contribution in [0.2, 0.25) is 0 Å². The monoisotopic (exact) mass is 286 g/mol. The Morgan fingerprint density at radius 3 is 2.86 bits per heavy atom. The average Bonchev–Trinajstić information content (AvgIpc) is 2.48. The van der Waals surface area contributed by atoms with Crippen molar-refractivity contribution in [1.29, 1.82) is 0 Å². The number of hydrogen-bond donors (Lipinski definition) is 1. The molecule has 0 radical (unpaired) electrons. The number of aromatic nitrogens is 3. The summed E-state index contributed by atoms with van der Waals surface area (Å²) in [4.78, 5) is 41.1. The molecular formula is C13H10N4O4. The predicted molar refractivity (Wildman–Crippen MR) is 74.5 cm³/mol. The van der Waals surface area contributed by atoms with Crippen molar-refractivity contribution in [3.63, 3.8) is 0 Å². The van der Waals surface area contributed by atoms with E-state index in [1.807, 2.05) is 0 Å². The molecule has 1 unspecified atom stereocenters. The van der Waals surface area contributed by atoms with Crippen LogP contribution < -0.4 is 11.2 Å². The first-order valence-corrected chi connectivity index (χ1v) is 6.16. The summed E-state index contributed by atoms with van der Waals surface area (Å²) in [7, 11) is 0. The molecule has 0 saturated heterocycles. The van der Waals surface area contributed by atoms with Gasteiger partial charge in [0.1, 0.15) is 0 Å². The lowest BCUT2D eigenvalue weighted by molar-refractivity contribution is -0.584. The molecule has 1 N–H and O–H groups in total. The highest BCUT2D eigenvalue weighted by atomic mass is 16.6. The van der Waals surface area contributed by atoms with Gasteiger partial charge in [0.15, 0.2) is 5.65 Å². The van der Waals surface area contributed by atoms with E-state index < -0.39 is 21.8 Å². The summed E-state index contributed by atoms with van der Waals surface area (Å²) in [5.41, 5.74) is -3.28. The van der Waals surface area contributed by atoms with Crippen LogP contribution >= 0.6 is 0 Å². The summed E-state index contributed by atoms with van der Waals surface area (Å²) in [6.07, 6.45) is 7.45. The molecule has 0 bridgehead atoms. The molecule has 1 aliphatic rings. The number of allylic oxidation sites excluding steroid dienone is 2. The van der Waals surface area contributed by atoms with Crippen molar-refractivity contribution in [3.8, 4) is 0 Å². The number of H-pyrrole nitrogens is 1. The molecule has 1 aliphatic carbocycles. The van der Waals surface area contributed by atoms with Gasteiger partial charge in [0, 0.05) is 12.3 Å². The van der Waals surface area contributed by atoms with Crippen LogP contribution in [0.15, 0.2) is 52.2 Å².